The minimum absolute atomic E-state index is 0.880. The maximum absolute atomic E-state index is 4.26. The summed E-state index contributed by atoms with van der Waals surface area (Å²) in [7, 11) is 0. The lowest BCUT2D eigenvalue weighted by atomic mass is 10.2. The van der Waals surface area contributed by atoms with E-state index in [9.17, 15) is 0 Å². The van der Waals surface area contributed by atoms with Crippen molar-refractivity contribution in [1.29, 1.82) is 0 Å². The SMILES string of the molecule is C1=CN=C(c2ccccc2)NC=C1. The molecule has 1 aromatic carbocycles. The predicted molar refractivity (Wildman–Crippen MR) is 54.4 cm³/mol. The average molecular weight is 170 g/mol. The van der Waals surface area contributed by atoms with E-state index in [1.54, 1.807) is 6.20 Å². The smallest absolute Gasteiger partial charge is 0.137 e. The Morgan fingerprint density at radius 3 is 2.69 bits per heavy atom. The number of hydrogen-bond acceptors (Lipinski definition) is 2. The number of allylic oxidation sites excluding steroid dienone is 2. The molecule has 1 aromatic rings. The van der Waals surface area contributed by atoms with Crippen LogP contribution in [0, 0.1) is 0 Å². The van der Waals surface area contributed by atoms with Crippen LogP contribution in [-0.4, -0.2) is 5.84 Å². The summed E-state index contributed by atoms with van der Waals surface area (Å²) < 4.78 is 0. The van der Waals surface area contributed by atoms with E-state index in [1.165, 1.54) is 0 Å². The minimum atomic E-state index is 0.880. The Labute approximate surface area is 77.3 Å². The van der Waals surface area contributed by atoms with Gasteiger partial charge in [-0.25, -0.2) is 4.99 Å². The topological polar surface area (TPSA) is 24.4 Å². The highest BCUT2D eigenvalue weighted by Gasteiger charge is 1.98. The van der Waals surface area contributed by atoms with Crippen molar-refractivity contribution in [3.63, 3.8) is 0 Å². The minimum Gasteiger partial charge on any atom is -0.346 e. The Morgan fingerprint density at radius 2 is 1.85 bits per heavy atom. The van der Waals surface area contributed by atoms with E-state index in [0.29, 0.717) is 0 Å². The van der Waals surface area contributed by atoms with Crippen molar-refractivity contribution in [3.8, 4) is 0 Å². The van der Waals surface area contributed by atoms with E-state index in [2.05, 4.69) is 10.3 Å². The van der Waals surface area contributed by atoms with E-state index in [1.807, 2.05) is 48.7 Å². The van der Waals surface area contributed by atoms with Crippen LogP contribution >= 0.6 is 0 Å². The van der Waals surface area contributed by atoms with Crippen LogP contribution in [0.2, 0.25) is 0 Å². The van der Waals surface area contributed by atoms with Gasteiger partial charge in [-0.15, -0.1) is 0 Å². The van der Waals surface area contributed by atoms with Gasteiger partial charge in [0.05, 0.1) is 0 Å². The first kappa shape index (κ1) is 7.80. The molecule has 1 N–H and O–H groups in total. The van der Waals surface area contributed by atoms with E-state index in [4.69, 9.17) is 0 Å². The molecule has 64 valence electrons. The van der Waals surface area contributed by atoms with Gasteiger partial charge in [0.15, 0.2) is 0 Å². The van der Waals surface area contributed by atoms with Crippen LogP contribution in [-0.2, 0) is 0 Å². The molecule has 0 fully saturated rings. The largest absolute Gasteiger partial charge is 0.346 e. The summed E-state index contributed by atoms with van der Waals surface area (Å²) in [5, 5.41) is 3.10. The highest BCUT2D eigenvalue weighted by atomic mass is 15.0. The van der Waals surface area contributed by atoms with Gasteiger partial charge in [-0.3, -0.25) is 0 Å². The maximum Gasteiger partial charge on any atom is 0.137 e. The first-order valence-electron chi connectivity index (χ1n) is 4.18. The summed E-state index contributed by atoms with van der Waals surface area (Å²) in [6.45, 7) is 0. The van der Waals surface area contributed by atoms with Gasteiger partial charge < -0.3 is 5.32 Å². The summed E-state index contributed by atoms with van der Waals surface area (Å²) in [6.07, 6.45) is 7.45. The molecule has 0 spiro atoms. The molecule has 0 aliphatic carbocycles. The molecule has 2 heteroatoms. The summed E-state index contributed by atoms with van der Waals surface area (Å²) >= 11 is 0. The molecule has 0 amide bonds. The van der Waals surface area contributed by atoms with Gasteiger partial charge in [0, 0.05) is 18.0 Å². The second kappa shape index (κ2) is 3.72. The Kier molecular flexibility index (Phi) is 2.23. The number of hydrogen-bond donors (Lipinski definition) is 1. The molecular formula is C11H10N2. The molecule has 13 heavy (non-hydrogen) atoms. The summed E-state index contributed by atoms with van der Waals surface area (Å²) in [6, 6.07) is 10.0. The van der Waals surface area contributed by atoms with Crippen LogP contribution in [0.15, 0.2) is 59.9 Å². The summed E-state index contributed by atoms with van der Waals surface area (Å²) in [4.78, 5) is 4.26. The number of aliphatic imine (C=N–C) groups is 1. The van der Waals surface area contributed by atoms with Gasteiger partial charge in [0.1, 0.15) is 5.84 Å². The monoisotopic (exact) mass is 170 g/mol. The highest BCUT2D eigenvalue weighted by Crippen LogP contribution is 2.01. The second-order valence-electron chi connectivity index (χ2n) is 2.69. The fourth-order valence-electron chi connectivity index (χ4n) is 1.14. The second-order valence-corrected chi connectivity index (χ2v) is 2.69. The van der Waals surface area contributed by atoms with Crippen molar-refractivity contribution >= 4 is 5.84 Å². The Morgan fingerprint density at radius 1 is 1.00 bits per heavy atom. The molecule has 0 bridgehead atoms. The third kappa shape index (κ3) is 1.85. The van der Waals surface area contributed by atoms with Crippen molar-refractivity contribution in [2.45, 2.75) is 0 Å². The van der Waals surface area contributed by atoms with Crippen LogP contribution in [0.5, 0.6) is 0 Å². The van der Waals surface area contributed by atoms with Gasteiger partial charge in [-0.2, -0.15) is 0 Å². The van der Waals surface area contributed by atoms with Crippen molar-refractivity contribution in [1.82, 2.24) is 5.32 Å². The van der Waals surface area contributed by atoms with Crippen molar-refractivity contribution in [2.75, 3.05) is 0 Å². The number of nitrogens with zero attached hydrogens (tertiary/aromatic N) is 1. The molecule has 0 radical (unpaired) electrons. The predicted octanol–water partition coefficient (Wildman–Crippen LogP) is 2.06. The zero-order valence-electron chi connectivity index (χ0n) is 7.14. The third-order valence-corrected chi connectivity index (χ3v) is 1.76. The average Bonchev–Trinajstić information content (AvgIpc) is 2.47. The first-order valence-corrected chi connectivity index (χ1v) is 4.18. The normalized spacial score (nSPS) is 14.6. The lowest BCUT2D eigenvalue weighted by molar-refractivity contribution is 1.26. The Balaban J connectivity index is 2.32. The van der Waals surface area contributed by atoms with E-state index in [0.717, 1.165) is 11.4 Å². The Hall–Kier alpha value is -1.83. The van der Waals surface area contributed by atoms with E-state index >= 15 is 0 Å². The summed E-state index contributed by atoms with van der Waals surface area (Å²) in [5.41, 5.74) is 1.10. The van der Waals surface area contributed by atoms with Gasteiger partial charge in [-0.1, -0.05) is 30.3 Å². The molecule has 0 saturated carbocycles. The van der Waals surface area contributed by atoms with E-state index < -0.39 is 0 Å². The standard InChI is InChI=1S/C11H10N2/c1-2-6-10(7-3-1)11-12-8-4-5-9-13-11/h1-9H,(H,12,13). The lowest BCUT2D eigenvalue weighted by Crippen LogP contribution is -2.17. The van der Waals surface area contributed by atoms with Crippen LogP contribution in [0.3, 0.4) is 0 Å². The Bertz CT molecular complexity index is 361. The van der Waals surface area contributed by atoms with Crippen molar-refractivity contribution < 1.29 is 0 Å². The lowest BCUT2D eigenvalue weighted by Gasteiger charge is -2.03. The number of benzene rings is 1. The third-order valence-electron chi connectivity index (χ3n) is 1.76. The number of rotatable bonds is 1. The first-order chi connectivity index (χ1) is 6.47. The fraction of sp³-hybridized carbons (Fsp3) is 0. The summed E-state index contributed by atoms with van der Waals surface area (Å²) in [5.74, 6) is 0.880. The quantitative estimate of drug-likeness (QED) is 0.685. The molecule has 1 aliphatic heterocycles. The molecule has 0 saturated heterocycles. The van der Waals surface area contributed by atoms with Gasteiger partial charge in [-0.05, 0) is 12.2 Å². The number of nitrogens with one attached hydrogen (secondary N) is 1. The van der Waals surface area contributed by atoms with Crippen LogP contribution in [0.25, 0.3) is 0 Å². The molecular weight excluding hydrogens is 160 g/mol. The molecule has 0 unspecified atom stereocenters. The fourth-order valence-corrected chi connectivity index (χ4v) is 1.14. The maximum atomic E-state index is 4.26. The van der Waals surface area contributed by atoms with Crippen molar-refractivity contribution in [3.05, 3.63) is 60.4 Å². The highest BCUT2D eigenvalue weighted by molar-refractivity contribution is 5.99. The zero-order valence-corrected chi connectivity index (χ0v) is 7.14. The van der Waals surface area contributed by atoms with Gasteiger partial charge in [0.25, 0.3) is 0 Å². The molecule has 1 aliphatic rings. The molecule has 0 aromatic heterocycles. The number of amidine groups is 1. The molecule has 1 heterocycles. The molecule has 2 rings (SSSR count). The molecule has 0 atom stereocenters. The van der Waals surface area contributed by atoms with Crippen LogP contribution in [0.4, 0.5) is 0 Å². The van der Waals surface area contributed by atoms with Crippen molar-refractivity contribution in [2.24, 2.45) is 4.99 Å². The van der Waals surface area contributed by atoms with Crippen LogP contribution < -0.4 is 5.32 Å². The van der Waals surface area contributed by atoms with Crippen LogP contribution in [0.1, 0.15) is 5.56 Å². The van der Waals surface area contributed by atoms with Gasteiger partial charge >= 0.3 is 0 Å². The van der Waals surface area contributed by atoms with Gasteiger partial charge in [0.2, 0.25) is 0 Å². The zero-order chi connectivity index (χ0) is 8.93. The molecule has 2 nitrogen and oxygen atoms in total. The van der Waals surface area contributed by atoms with E-state index in [-0.39, 0.29) is 0 Å².